The van der Waals surface area contributed by atoms with Gasteiger partial charge in [-0.2, -0.15) is 0 Å². The Morgan fingerprint density at radius 3 is 2.74 bits per heavy atom. The maximum Gasteiger partial charge on any atom is 0.508 e. The van der Waals surface area contributed by atoms with Crippen LogP contribution in [0.3, 0.4) is 0 Å². The van der Waals surface area contributed by atoms with E-state index in [0.717, 1.165) is 4.57 Å². The molecule has 1 saturated heterocycles. The second kappa shape index (κ2) is 9.76. The van der Waals surface area contributed by atoms with Crippen LogP contribution in [0.1, 0.15) is 36.6 Å². The third-order valence-corrected chi connectivity index (χ3v) is 5.73. The zero-order valence-electron chi connectivity index (χ0n) is 18.8. The largest absolute Gasteiger partial charge is 0.508 e. The number of aromatic amines is 1. The standard InChI is InChI=1S/C21H23N3O11/c1-10-6-23(20(27)22-19(10)26)18-5-14(25)17(35-18)8-32-21(28)31-7-11(2)12-3-15-16(34-9-33-15)4-13(12)24(29)30/h3-4,6,11,14,17-18,25H,5,7-9H2,1-2H3,(H,22,26,27). The fourth-order valence-corrected chi connectivity index (χ4v) is 3.81. The summed E-state index contributed by atoms with van der Waals surface area (Å²) in [5.74, 6) is 0.0601. The predicted molar refractivity (Wildman–Crippen MR) is 116 cm³/mol. The molecule has 2 aromatic rings. The number of ether oxygens (including phenoxy) is 5. The molecule has 0 saturated carbocycles. The molecule has 4 rings (SSSR count). The van der Waals surface area contributed by atoms with Gasteiger partial charge in [-0.25, -0.2) is 9.59 Å². The second-order valence-electron chi connectivity index (χ2n) is 8.21. The first-order valence-corrected chi connectivity index (χ1v) is 10.7. The topological polar surface area (TPSA) is 181 Å². The Hall–Kier alpha value is -3.91. The number of aliphatic hydroxyl groups is 1. The third-order valence-electron chi connectivity index (χ3n) is 5.73. The average molecular weight is 493 g/mol. The fourth-order valence-electron chi connectivity index (χ4n) is 3.81. The summed E-state index contributed by atoms with van der Waals surface area (Å²) in [5, 5.41) is 21.7. The van der Waals surface area contributed by atoms with Gasteiger partial charge in [-0.15, -0.1) is 0 Å². The van der Waals surface area contributed by atoms with E-state index in [1.165, 1.54) is 25.3 Å². The van der Waals surface area contributed by atoms with Gasteiger partial charge in [0.15, 0.2) is 11.5 Å². The number of hydrogen-bond donors (Lipinski definition) is 2. The molecule has 188 valence electrons. The molecule has 2 aliphatic heterocycles. The Morgan fingerprint density at radius 2 is 2.03 bits per heavy atom. The lowest BCUT2D eigenvalue weighted by atomic mass is 9.99. The highest BCUT2D eigenvalue weighted by Gasteiger charge is 2.36. The van der Waals surface area contributed by atoms with Crippen molar-refractivity contribution in [3.05, 3.63) is 60.4 Å². The number of aliphatic hydroxyl groups excluding tert-OH is 1. The number of hydrogen-bond acceptors (Lipinski definition) is 11. The first kappa shape index (κ1) is 24.2. The SMILES string of the molecule is Cc1cn(C2CC(O)C(COC(=O)OCC(C)c3cc4c(cc3[N+](=O)[O-])OCO4)O2)c(=O)[nH]c1=O. The summed E-state index contributed by atoms with van der Waals surface area (Å²) >= 11 is 0. The van der Waals surface area contributed by atoms with Gasteiger partial charge < -0.3 is 28.8 Å². The van der Waals surface area contributed by atoms with Crippen molar-refractivity contribution in [1.82, 2.24) is 9.55 Å². The van der Waals surface area contributed by atoms with Crippen LogP contribution in [0.4, 0.5) is 10.5 Å². The minimum Gasteiger partial charge on any atom is -0.454 e. The van der Waals surface area contributed by atoms with Crippen molar-refractivity contribution in [1.29, 1.82) is 0 Å². The molecule has 0 spiro atoms. The Balaban J connectivity index is 1.31. The molecule has 2 N–H and O–H groups in total. The van der Waals surface area contributed by atoms with Crippen LogP contribution >= 0.6 is 0 Å². The highest BCUT2D eigenvalue weighted by Crippen LogP contribution is 2.40. The molecule has 0 aliphatic carbocycles. The number of H-pyrrole nitrogens is 1. The first-order valence-electron chi connectivity index (χ1n) is 10.7. The molecule has 4 unspecified atom stereocenters. The van der Waals surface area contributed by atoms with Crippen molar-refractivity contribution in [2.24, 2.45) is 0 Å². The highest BCUT2D eigenvalue weighted by molar-refractivity contribution is 5.60. The van der Waals surface area contributed by atoms with Crippen LogP contribution in [-0.2, 0) is 14.2 Å². The number of carbonyl (C=O) groups excluding carboxylic acids is 1. The number of aryl methyl sites for hydroxylation is 1. The molecule has 0 bridgehead atoms. The van der Waals surface area contributed by atoms with E-state index in [1.807, 2.05) is 0 Å². The van der Waals surface area contributed by atoms with Crippen molar-refractivity contribution in [2.75, 3.05) is 20.0 Å². The van der Waals surface area contributed by atoms with E-state index in [2.05, 4.69) is 4.98 Å². The van der Waals surface area contributed by atoms with Crippen LogP contribution in [0.5, 0.6) is 11.5 Å². The number of rotatable bonds is 7. The Kier molecular flexibility index (Phi) is 6.75. The molecule has 14 heteroatoms. The van der Waals surface area contributed by atoms with Crippen LogP contribution < -0.4 is 20.7 Å². The van der Waals surface area contributed by atoms with E-state index in [4.69, 9.17) is 23.7 Å². The van der Waals surface area contributed by atoms with Gasteiger partial charge in [-0.3, -0.25) is 24.5 Å². The molecule has 1 aromatic carbocycles. The van der Waals surface area contributed by atoms with Gasteiger partial charge in [0.2, 0.25) is 6.79 Å². The molecule has 0 amide bonds. The summed E-state index contributed by atoms with van der Waals surface area (Å²) in [6.45, 7) is 2.54. The zero-order valence-corrected chi connectivity index (χ0v) is 18.8. The smallest absolute Gasteiger partial charge is 0.454 e. The van der Waals surface area contributed by atoms with Crippen LogP contribution in [0, 0.1) is 17.0 Å². The van der Waals surface area contributed by atoms with E-state index in [1.54, 1.807) is 6.92 Å². The van der Waals surface area contributed by atoms with Crippen molar-refractivity contribution in [3.8, 4) is 11.5 Å². The van der Waals surface area contributed by atoms with Crippen LogP contribution in [0.15, 0.2) is 27.9 Å². The minimum atomic E-state index is -1.06. The van der Waals surface area contributed by atoms with E-state index in [0.29, 0.717) is 16.9 Å². The van der Waals surface area contributed by atoms with E-state index in [9.17, 15) is 29.6 Å². The van der Waals surface area contributed by atoms with E-state index < -0.39 is 46.7 Å². The van der Waals surface area contributed by atoms with Gasteiger partial charge in [0, 0.05) is 29.7 Å². The van der Waals surface area contributed by atoms with Crippen molar-refractivity contribution < 1.29 is 38.5 Å². The normalized spacial score (nSPS) is 21.5. The summed E-state index contributed by atoms with van der Waals surface area (Å²) in [6, 6.07) is 2.74. The maximum atomic E-state index is 12.1. The Morgan fingerprint density at radius 1 is 1.31 bits per heavy atom. The zero-order chi connectivity index (χ0) is 25.3. The average Bonchev–Trinajstić information content (AvgIpc) is 3.43. The molecular weight excluding hydrogens is 470 g/mol. The molecule has 4 atom stereocenters. The van der Waals surface area contributed by atoms with Gasteiger partial charge in [0.1, 0.15) is 25.5 Å². The molecular formula is C21H23N3O11. The number of fused-ring (bicyclic) bond motifs is 1. The second-order valence-corrected chi connectivity index (χ2v) is 8.21. The lowest BCUT2D eigenvalue weighted by molar-refractivity contribution is -0.385. The third kappa shape index (κ3) is 5.12. The maximum absolute atomic E-state index is 12.1. The van der Waals surface area contributed by atoms with Gasteiger partial charge in [0.05, 0.1) is 17.1 Å². The lowest BCUT2D eigenvalue weighted by Gasteiger charge is -2.17. The Labute approximate surface area is 197 Å². The van der Waals surface area contributed by atoms with Crippen LogP contribution in [0.2, 0.25) is 0 Å². The summed E-state index contributed by atoms with van der Waals surface area (Å²) in [7, 11) is 0. The quantitative estimate of drug-likeness (QED) is 0.320. The monoisotopic (exact) mass is 493 g/mol. The summed E-state index contributed by atoms with van der Waals surface area (Å²) in [6.07, 6.45) is -2.52. The van der Waals surface area contributed by atoms with Crippen LogP contribution in [-0.4, -0.2) is 58.0 Å². The first-order chi connectivity index (χ1) is 16.6. The number of nitrogens with zero attached hydrogens (tertiary/aromatic N) is 2. The number of aromatic nitrogens is 2. The van der Waals surface area contributed by atoms with E-state index in [-0.39, 0.29) is 37.9 Å². The molecule has 3 heterocycles. The molecule has 1 aromatic heterocycles. The number of nitro benzene ring substituents is 1. The molecule has 0 radical (unpaired) electrons. The molecule has 1 fully saturated rings. The molecule has 14 nitrogen and oxygen atoms in total. The number of carbonyl (C=O) groups is 1. The summed E-state index contributed by atoms with van der Waals surface area (Å²) < 4.78 is 27.3. The van der Waals surface area contributed by atoms with Crippen molar-refractivity contribution in [2.45, 2.75) is 44.6 Å². The summed E-state index contributed by atoms with van der Waals surface area (Å²) in [4.78, 5) is 48.7. The molecule has 2 aliphatic rings. The van der Waals surface area contributed by atoms with Gasteiger partial charge in [-0.1, -0.05) is 6.92 Å². The number of benzene rings is 1. The van der Waals surface area contributed by atoms with Crippen molar-refractivity contribution >= 4 is 11.8 Å². The van der Waals surface area contributed by atoms with Crippen LogP contribution in [0.25, 0.3) is 0 Å². The highest BCUT2D eigenvalue weighted by atomic mass is 16.7. The van der Waals surface area contributed by atoms with Crippen molar-refractivity contribution in [3.63, 3.8) is 0 Å². The predicted octanol–water partition coefficient (Wildman–Crippen LogP) is 1.09. The fraction of sp³-hybridized carbons (Fsp3) is 0.476. The van der Waals surface area contributed by atoms with Gasteiger partial charge >= 0.3 is 11.8 Å². The van der Waals surface area contributed by atoms with Gasteiger partial charge in [-0.05, 0) is 13.0 Å². The Bertz CT molecular complexity index is 1250. The minimum absolute atomic E-state index is 0.0410. The van der Waals surface area contributed by atoms with Gasteiger partial charge in [0.25, 0.3) is 11.2 Å². The summed E-state index contributed by atoms with van der Waals surface area (Å²) in [5.41, 5.74) is -0.813. The van der Waals surface area contributed by atoms with E-state index >= 15 is 0 Å². The molecule has 35 heavy (non-hydrogen) atoms. The lowest BCUT2D eigenvalue weighted by Crippen LogP contribution is -2.33. The number of nitrogens with one attached hydrogen (secondary N) is 1. The number of nitro groups is 1.